The van der Waals surface area contributed by atoms with Gasteiger partial charge in [-0.05, 0) is 19.4 Å². The third-order valence-electron chi connectivity index (χ3n) is 2.76. The molecule has 1 amide bonds. The maximum atomic E-state index is 12.2. The maximum absolute atomic E-state index is 12.2. The van der Waals surface area contributed by atoms with Crippen molar-refractivity contribution in [3.63, 3.8) is 0 Å². The summed E-state index contributed by atoms with van der Waals surface area (Å²) in [5.41, 5.74) is 5.02. The molecule has 0 aliphatic heterocycles. The SMILES string of the molecule is Cc1ccc(C(C)(NCC(F)(F)F)C(N)=O)cc1. The van der Waals surface area contributed by atoms with Gasteiger partial charge in [-0.3, -0.25) is 10.1 Å². The molecule has 0 bridgehead atoms. The van der Waals surface area contributed by atoms with Gasteiger partial charge in [0.15, 0.2) is 0 Å². The van der Waals surface area contributed by atoms with Gasteiger partial charge in [-0.25, -0.2) is 0 Å². The Hall–Kier alpha value is -1.56. The Balaban J connectivity index is 3.00. The zero-order chi connectivity index (χ0) is 14.0. The van der Waals surface area contributed by atoms with Crippen molar-refractivity contribution in [2.24, 2.45) is 5.73 Å². The van der Waals surface area contributed by atoms with Crippen molar-refractivity contribution in [2.45, 2.75) is 25.6 Å². The highest BCUT2D eigenvalue weighted by atomic mass is 19.4. The summed E-state index contributed by atoms with van der Waals surface area (Å²) in [4.78, 5) is 11.4. The first-order valence-corrected chi connectivity index (χ1v) is 5.34. The number of carbonyl (C=O) groups excluding carboxylic acids is 1. The number of alkyl halides is 3. The van der Waals surface area contributed by atoms with E-state index in [4.69, 9.17) is 5.73 Å². The van der Waals surface area contributed by atoms with Crippen molar-refractivity contribution in [1.82, 2.24) is 5.32 Å². The first kappa shape index (κ1) is 14.5. The van der Waals surface area contributed by atoms with E-state index < -0.39 is 24.2 Å². The highest BCUT2D eigenvalue weighted by molar-refractivity contribution is 5.85. The summed E-state index contributed by atoms with van der Waals surface area (Å²) in [5, 5.41) is 2.17. The third-order valence-corrected chi connectivity index (χ3v) is 2.76. The lowest BCUT2D eigenvalue weighted by atomic mass is 9.90. The molecule has 1 aromatic rings. The van der Waals surface area contributed by atoms with E-state index >= 15 is 0 Å². The summed E-state index contributed by atoms with van der Waals surface area (Å²) < 4.78 is 36.6. The molecule has 0 fully saturated rings. The summed E-state index contributed by atoms with van der Waals surface area (Å²) in [6.45, 7) is 1.90. The number of carbonyl (C=O) groups is 1. The van der Waals surface area contributed by atoms with Gasteiger partial charge in [0.1, 0.15) is 5.54 Å². The number of hydrogen-bond donors (Lipinski definition) is 2. The first-order chi connectivity index (χ1) is 8.15. The van der Waals surface area contributed by atoms with E-state index in [1.807, 2.05) is 6.92 Å². The molecule has 6 heteroatoms. The number of aryl methyl sites for hydroxylation is 1. The fourth-order valence-electron chi connectivity index (χ4n) is 1.50. The predicted octanol–water partition coefficient (Wildman–Crippen LogP) is 1.85. The van der Waals surface area contributed by atoms with E-state index in [0.717, 1.165) is 5.56 Å². The Morgan fingerprint density at radius 1 is 1.28 bits per heavy atom. The Morgan fingerprint density at radius 3 is 2.17 bits per heavy atom. The zero-order valence-corrected chi connectivity index (χ0v) is 10.1. The molecule has 0 aromatic heterocycles. The van der Waals surface area contributed by atoms with Crippen LogP contribution >= 0.6 is 0 Å². The first-order valence-electron chi connectivity index (χ1n) is 5.34. The number of nitrogens with one attached hydrogen (secondary N) is 1. The fourth-order valence-corrected chi connectivity index (χ4v) is 1.50. The van der Waals surface area contributed by atoms with Gasteiger partial charge in [0, 0.05) is 0 Å². The van der Waals surface area contributed by atoms with E-state index in [9.17, 15) is 18.0 Å². The Kier molecular flexibility index (Phi) is 4.01. The number of amides is 1. The van der Waals surface area contributed by atoms with Crippen molar-refractivity contribution in [1.29, 1.82) is 0 Å². The number of rotatable bonds is 4. The van der Waals surface area contributed by atoms with Gasteiger partial charge in [-0.2, -0.15) is 13.2 Å². The van der Waals surface area contributed by atoms with Gasteiger partial charge in [-0.15, -0.1) is 0 Å². The predicted molar refractivity (Wildman–Crippen MR) is 61.8 cm³/mol. The van der Waals surface area contributed by atoms with Crippen molar-refractivity contribution < 1.29 is 18.0 Å². The highest BCUT2D eigenvalue weighted by Gasteiger charge is 2.37. The number of benzene rings is 1. The lowest BCUT2D eigenvalue weighted by Crippen LogP contribution is -2.53. The van der Waals surface area contributed by atoms with Crippen LogP contribution in [0.5, 0.6) is 0 Å². The van der Waals surface area contributed by atoms with Crippen LogP contribution in [-0.2, 0) is 10.3 Å². The molecule has 1 aromatic carbocycles. The second-order valence-corrected chi connectivity index (χ2v) is 4.32. The van der Waals surface area contributed by atoms with Crippen LogP contribution in [0.2, 0.25) is 0 Å². The fraction of sp³-hybridized carbons (Fsp3) is 0.417. The molecule has 0 radical (unpaired) electrons. The van der Waals surface area contributed by atoms with E-state index in [-0.39, 0.29) is 0 Å². The van der Waals surface area contributed by atoms with E-state index in [1.54, 1.807) is 24.3 Å². The molecule has 0 saturated heterocycles. The van der Waals surface area contributed by atoms with Crippen LogP contribution in [0.15, 0.2) is 24.3 Å². The summed E-state index contributed by atoms with van der Waals surface area (Å²) in [6.07, 6.45) is -4.40. The van der Waals surface area contributed by atoms with Gasteiger partial charge in [0.2, 0.25) is 5.91 Å². The van der Waals surface area contributed by atoms with Crippen LogP contribution < -0.4 is 11.1 Å². The van der Waals surface area contributed by atoms with Gasteiger partial charge >= 0.3 is 6.18 Å². The van der Waals surface area contributed by atoms with Crippen molar-refractivity contribution in [3.05, 3.63) is 35.4 Å². The molecular weight excluding hydrogens is 245 g/mol. The van der Waals surface area contributed by atoms with Crippen LogP contribution in [-0.4, -0.2) is 18.6 Å². The third kappa shape index (κ3) is 3.46. The van der Waals surface area contributed by atoms with Crippen LogP contribution in [0.3, 0.4) is 0 Å². The zero-order valence-electron chi connectivity index (χ0n) is 10.1. The highest BCUT2D eigenvalue weighted by Crippen LogP contribution is 2.23. The standard InChI is InChI=1S/C12H15F3N2O/c1-8-3-5-9(6-4-8)11(2,10(16)18)17-7-12(13,14)15/h3-6,17H,7H2,1-2H3,(H2,16,18). The van der Waals surface area contributed by atoms with Crippen molar-refractivity contribution >= 4 is 5.91 Å². The Bertz CT molecular complexity index is 428. The van der Waals surface area contributed by atoms with Crippen molar-refractivity contribution in [2.75, 3.05) is 6.54 Å². The van der Waals surface area contributed by atoms with Crippen LogP contribution in [0.4, 0.5) is 13.2 Å². The largest absolute Gasteiger partial charge is 0.401 e. The van der Waals surface area contributed by atoms with Gasteiger partial charge < -0.3 is 5.73 Å². The second kappa shape index (κ2) is 4.97. The number of nitrogens with two attached hydrogens (primary N) is 1. The lowest BCUT2D eigenvalue weighted by Gasteiger charge is -2.28. The average Bonchev–Trinajstić information content (AvgIpc) is 2.25. The smallest absolute Gasteiger partial charge is 0.368 e. The second-order valence-electron chi connectivity index (χ2n) is 4.32. The monoisotopic (exact) mass is 260 g/mol. The molecule has 1 rings (SSSR count). The topological polar surface area (TPSA) is 55.1 Å². The molecule has 1 unspecified atom stereocenters. The molecular formula is C12H15F3N2O. The molecule has 0 saturated carbocycles. The number of primary amides is 1. The van der Waals surface area contributed by atoms with E-state index in [0.29, 0.717) is 5.56 Å². The maximum Gasteiger partial charge on any atom is 0.401 e. The van der Waals surface area contributed by atoms with Crippen molar-refractivity contribution in [3.8, 4) is 0 Å². The van der Waals surface area contributed by atoms with Gasteiger partial charge in [0.25, 0.3) is 0 Å². The minimum Gasteiger partial charge on any atom is -0.368 e. The molecule has 0 aliphatic rings. The van der Waals surface area contributed by atoms with Gasteiger partial charge in [0.05, 0.1) is 6.54 Å². The Labute approximate surface area is 103 Å². The summed E-state index contributed by atoms with van der Waals surface area (Å²) in [6, 6.07) is 6.60. The lowest BCUT2D eigenvalue weighted by molar-refractivity contribution is -0.135. The number of halogens is 3. The van der Waals surface area contributed by atoms with Crippen LogP contribution in [0.25, 0.3) is 0 Å². The number of hydrogen-bond acceptors (Lipinski definition) is 2. The molecule has 3 nitrogen and oxygen atoms in total. The molecule has 3 N–H and O–H groups in total. The summed E-state index contributed by atoms with van der Waals surface area (Å²) >= 11 is 0. The summed E-state index contributed by atoms with van der Waals surface area (Å²) in [7, 11) is 0. The summed E-state index contributed by atoms with van der Waals surface area (Å²) in [5.74, 6) is -0.851. The Morgan fingerprint density at radius 2 is 1.78 bits per heavy atom. The van der Waals surface area contributed by atoms with Crippen LogP contribution in [0, 0.1) is 6.92 Å². The quantitative estimate of drug-likeness (QED) is 0.868. The molecule has 18 heavy (non-hydrogen) atoms. The van der Waals surface area contributed by atoms with Gasteiger partial charge in [-0.1, -0.05) is 29.8 Å². The molecule has 0 aliphatic carbocycles. The molecule has 0 spiro atoms. The minimum absolute atomic E-state index is 0.407. The average molecular weight is 260 g/mol. The molecule has 0 heterocycles. The van der Waals surface area contributed by atoms with Crippen LogP contribution in [0.1, 0.15) is 18.1 Å². The molecule has 1 atom stereocenters. The minimum atomic E-state index is -4.40. The van der Waals surface area contributed by atoms with E-state index in [2.05, 4.69) is 5.32 Å². The molecule has 100 valence electrons. The van der Waals surface area contributed by atoms with E-state index in [1.165, 1.54) is 6.92 Å². The normalized spacial score (nSPS) is 15.2.